The predicted octanol–water partition coefficient (Wildman–Crippen LogP) is 3.87. The molecule has 0 aliphatic carbocycles. The number of rotatable bonds is 4. The van der Waals surface area contributed by atoms with Crippen molar-refractivity contribution in [3.63, 3.8) is 0 Å². The van der Waals surface area contributed by atoms with Crippen LogP contribution >= 0.6 is 11.8 Å². The quantitative estimate of drug-likeness (QED) is 0.743. The summed E-state index contributed by atoms with van der Waals surface area (Å²) in [6, 6.07) is 15.2. The van der Waals surface area contributed by atoms with Gasteiger partial charge in [-0.2, -0.15) is 0 Å². The fourth-order valence-electron chi connectivity index (χ4n) is 1.94. The lowest BCUT2D eigenvalue weighted by atomic mass is 10.2. The fraction of sp³-hybridized carbons (Fsp3) is 0.125. The molecule has 0 atom stereocenters. The molecule has 0 unspecified atom stereocenters. The number of hydrogen-bond donors (Lipinski definition) is 1. The van der Waals surface area contributed by atoms with Gasteiger partial charge >= 0.3 is 0 Å². The zero-order valence-electron chi connectivity index (χ0n) is 11.5. The lowest BCUT2D eigenvalue weighted by Gasteiger charge is -2.06. The zero-order chi connectivity index (χ0) is 14.7. The minimum Gasteiger partial charge on any atom is -0.431 e. The van der Waals surface area contributed by atoms with E-state index in [4.69, 9.17) is 4.42 Å². The first-order valence-corrected chi connectivity index (χ1v) is 7.55. The molecule has 0 fully saturated rings. The van der Waals surface area contributed by atoms with Crippen LogP contribution in [0.4, 0.5) is 5.69 Å². The number of nitrogens with one attached hydrogen (secondary N) is 1. The van der Waals surface area contributed by atoms with E-state index < -0.39 is 0 Å². The van der Waals surface area contributed by atoms with Gasteiger partial charge in [0.25, 0.3) is 5.22 Å². The van der Waals surface area contributed by atoms with Crippen molar-refractivity contribution < 1.29 is 9.21 Å². The number of thioether (sulfide) groups is 1. The fourth-order valence-corrected chi connectivity index (χ4v) is 2.58. The number of aryl methyl sites for hydroxylation is 1. The van der Waals surface area contributed by atoms with Crippen LogP contribution in [0.1, 0.15) is 5.56 Å². The molecule has 3 aromatic rings. The third-order valence-corrected chi connectivity index (χ3v) is 3.85. The zero-order valence-corrected chi connectivity index (χ0v) is 12.3. The van der Waals surface area contributed by atoms with E-state index in [9.17, 15) is 4.79 Å². The monoisotopic (exact) mass is 298 g/mol. The number of amides is 1. The molecule has 4 nitrogen and oxygen atoms in total. The maximum absolute atomic E-state index is 12.0. The van der Waals surface area contributed by atoms with E-state index in [-0.39, 0.29) is 11.7 Å². The Kier molecular flexibility index (Phi) is 3.92. The minimum absolute atomic E-state index is 0.0726. The van der Waals surface area contributed by atoms with Gasteiger partial charge in [-0.1, -0.05) is 42.1 Å². The SMILES string of the molecule is Cc1ccccc1NC(=O)CSc1nc2ccccc2o1. The smallest absolute Gasteiger partial charge is 0.257 e. The summed E-state index contributed by atoms with van der Waals surface area (Å²) in [5.74, 6) is 0.192. The summed E-state index contributed by atoms with van der Waals surface area (Å²) >= 11 is 1.29. The molecule has 0 saturated carbocycles. The van der Waals surface area contributed by atoms with Gasteiger partial charge in [0.15, 0.2) is 5.58 Å². The highest BCUT2D eigenvalue weighted by Crippen LogP contribution is 2.23. The largest absolute Gasteiger partial charge is 0.431 e. The van der Waals surface area contributed by atoms with Crippen molar-refractivity contribution >= 4 is 34.5 Å². The Morgan fingerprint density at radius 2 is 1.95 bits per heavy atom. The number of para-hydroxylation sites is 3. The molecule has 21 heavy (non-hydrogen) atoms. The van der Waals surface area contributed by atoms with Crippen LogP contribution in [0, 0.1) is 6.92 Å². The number of benzene rings is 2. The molecular weight excluding hydrogens is 284 g/mol. The normalized spacial score (nSPS) is 10.7. The molecule has 0 saturated heterocycles. The highest BCUT2D eigenvalue weighted by molar-refractivity contribution is 7.99. The lowest BCUT2D eigenvalue weighted by Crippen LogP contribution is -2.14. The van der Waals surface area contributed by atoms with E-state index in [0.717, 1.165) is 22.4 Å². The van der Waals surface area contributed by atoms with Gasteiger partial charge in [0, 0.05) is 5.69 Å². The van der Waals surface area contributed by atoms with E-state index in [1.165, 1.54) is 11.8 Å². The summed E-state index contributed by atoms with van der Waals surface area (Å²) in [4.78, 5) is 16.3. The van der Waals surface area contributed by atoms with Crippen molar-refractivity contribution in [1.82, 2.24) is 4.98 Å². The van der Waals surface area contributed by atoms with Gasteiger partial charge in [-0.15, -0.1) is 0 Å². The molecule has 0 aliphatic heterocycles. The standard InChI is InChI=1S/C16H14N2O2S/c1-11-6-2-3-7-12(11)17-15(19)10-21-16-18-13-8-4-5-9-14(13)20-16/h2-9H,10H2,1H3,(H,17,19). The summed E-state index contributed by atoms with van der Waals surface area (Å²) in [6.07, 6.45) is 0. The molecule has 1 N–H and O–H groups in total. The van der Waals surface area contributed by atoms with Crippen LogP contribution in [0.5, 0.6) is 0 Å². The van der Waals surface area contributed by atoms with Gasteiger partial charge in [0.05, 0.1) is 5.75 Å². The van der Waals surface area contributed by atoms with Crippen LogP contribution in [0.3, 0.4) is 0 Å². The molecule has 0 aliphatic rings. The summed E-state index contributed by atoms with van der Waals surface area (Å²) in [6.45, 7) is 1.96. The number of carbonyl (C=O) groups excluding carboxylic acids is 1. The summed E-state index contributed by atoms with van der Waals surface area (Å²) in [7, 11) is 0. The summed E-state index contributed by atoms with van der Waals surface area (Å²) in [5, 5.41) is 3.40. The van der Waals surface area contributed by atoms with Crippen molar-refractivity contribution in [2.24, 2.45) is 0 Å². The minimum atomic E-state index is -0.0726. The van der Waals surface area contributed by atoms with Crippen molar-refractivity contribution in [3.8, 4) is 0 Å². The second-order valence-corrected chi connectivity index (χ2v) is 5.53. The summed E-state index contributed by atoms with van der Waals surface area (Å²) < 4.78 is 5.56. The first-order chi connectivity index (χ1) is 10.2. The molecule has 0 bridgehead atoms. The molecule has 106 valence electrons. The van der Waals surface area contributed by atoms with Gasteiger partial charge in [-0.05, 0) is 30.7 Å². The van der Waals surface area contributed by atoms with Gasteiger partial charge < -0.3 is 9.73 Å². The third-order valence-electron chi connectivity index (χ3n) is 3.02. The molecule has 1 aromatic heterocycles. The van der Waals surface area contributed by atoms with Crippen LogP contribution in [0.25, 0.3) is 11.1 Å². The number of hydrogen-bond acceptors (Lipinski definition) is 4. The maximum atomic E-state index is 12.0. The molecule has 2 aromatic carbocycles. The topological polar surface area (TPSA) is 55.1 Å². The van der Waals surface area contributed by atoms with Crippen LogP contribution in [-0.2, 0) is 4.79 Å². The first-order valence-electron chi connectivity index (χ1n) is 6.56. The van der Waals surface area contributed by atoms with Crippen molar-refractivity contribution in [2.45, 2.75) is 12.1 Å². The molecular formula is C16H14N2O2S. The Balaban J connectivity index is 1.62. The number of fused-ring (bicyclic) bond motifs is 1. The Bertz CT molecular complexity index is 750. The van der Waals surface area contributed by atoms with Crippen LogP contribution in [0.2, 0.25) is 0 Å². The second kappa shape index (κ2) is 6.01. The van der Waals surface area contributed by atoms with E-state index in [2.05, 4.69) is 10.3 Å². The number of anilines is 1. The molecule has 0 radical (unpaired) electrons. The first kappa shape index (κ1) is 13.7. The Morgan fingerprint density at radius 3 is 2.76 bits per heavy atom. The summed E-state index contributed by atoms with van der Waals surface area (Å²) in [5.41, 5.74) is 3.41. The van der Waals surface area contributed by atoms with E-state index in [1.807, 2.05) is 55.5 Å². The van der Waals surface area contributed by atoms with Crippen LogP contribution in [-0.4, -0.2) is 16.6 Å². The number of oxazole rings is 1. The Labute approximate surface area is 126 Å². The molecule has 1 heterocycles. The number of carbonyl (C=O) groups is 1. The van der Waals surface area contributed by atoms with Crippen molar-refractivity contribution in [3.05, 3.63) is 54.1 Å². The Morgan fingerprint density at radius 1 is 1.19 bits per heavy atom. The predicted molar refractivity (Wildman–Crippen MR) is 84.5 cm³/mol. The van der Waals surface area contributed by atoms with Crippen LogP contribution < -0.4 is 5.32 Å². The molecule has 5 heteroatoms. The Hall–Kier alpha value is -2.27. The molecule has 1 amide bonds. The van der Waals surface area contributed by atoms with E-state index in [1.54, 1.807) is 0 Å². The van der Waals surface area contributed by atoms with Crippen molar-refractivity contribution in [1.29, 1.82) is 0 Å². The highest BCUT2D eigenvalue weighted by atomic mass is 32.2. The van der Waals surface area contributed by atoms with Gasteiger partial charge in [0.2, 0.25) is 5.91 Å². The average Bonchev–Trinajstić information content (AvgIpc) is 2.90. The van der Waals surface area contributed by atoms with Crippen LogP contribution in [0.15, 0.2) is 58.2 Å². The van der Waals surface area contributed by atoms with Crippen molar-refractivity contribution in [2.75, 3.05) is 11.1 Å². The second-order valence-electron chi connectivity index (χ2n) is 4.60. The van der Waals surface area contributed by atoms with Gasteiger partial charge in [-0.3, -0.25) is 4.79 Å². The van der Waals surface area contributed by atoms with E-state index >= 15 is 0 Å². The number of aromatic nitrogens is 1. The maximum Gasteiger partial charge on any atom is 0.257 e. The van der Waals surface area contributed by atoms with E-state index in [0.29, 0.717) is 5.22 Å². The van der Waals surface area contributed by atoms with Gasteiger partial charge in [-0.25, -0.2) is 4.98 Å². The highest BCUT2D eigenvalue weighted by Gasteiger charge is 2.09. The van der Waals surface area contributed by atoms with Gasteiger partial charge in [0.1, 0.15) is 5.52 Å². The third kappa shape index (κ3) is 3.25. The molecule has 0 spiro atoms. The average molecular weight is 298 g/mol. The molecule has 3 rings (SSSR count). The lowest BCUT2D eigenvalue weighted by molar-refractivity contribution is -0.113. The number of nitrogens with zero attached hydrogens (tertiary/aromatic N) is 1.